The van der Waals surface area contributed by atoms with E-state index in [4.69, 9.17) is 24.3 Å². The molecule has 3 N–H and O–H groups in total. The zero-order valence-electron chi connectivity index (χ0n) is 49.7. The number of allylic oxidation sites excluding steroid dienone is 10. The standard InChI is InChI=1S/C66H122NO8P/c1-3-5-7-9-11-13-15-17-19-21-23-25-27-29-31-33-34-36-38-40-42-44-46-48-50-52-54-56-58-65(68)72-62-64(63-74-76(70,71)73-61-60-67)75-66(69)59-57-55-53-51-49-47-45-43-41-39-37-35-32-30-28-26-24-22-20-18-16-14-12-10-8-6-4-2/h6,8,12,14,18,20,24,26,30,32,64H,3-5,7,9-11,13,15-17,19,21-23,25,27-29,31,33-63,67H2,1-2H3,(H,70,71)/b8-6-,14-12-,20-18-,26-24-,32-30-. The summed E-state index contributed by atoms with van der Waals surface area (Å²) in [5.41, 5.74) is 5.39. The highest BCUT2D eigenvalue weighted by molar-refractivity contribution is 7.47. The second-order valence-corrected chi connectivity index (χ2v) is 23.1. The molecule has 0 aliphatic carbocycles. The molecule has 0 spiro atoms. The van der Waals surface area contributed by atoms with Crippen molar-refractivity contribution in [3.63, 3.8) is 0 Å². The van der Waals surface area contributed by atoms with Crippen LogP contribution in [0, 0.1) is 0 Å². The molecular formula is C66H122NO8P. The SMILES string of the molecule is CC/C=C\C/C=C\C/C=C\C/C=C\C/C=C\CCCCCCCCCCCCCC(=O)OC(COC(=O)CCCCCCCCCCCCCCCCCCCCCCCCCCCCCC)COP(=O)(O)OCCN. The molecule has 0 fully saturated rings. The first-order chi connectivity index (χ1) is 37.3. The number of carbonyl (C=O) groups is 2. The number of hydrogen-bond donors (Lipinski definition) is 2. The van der Waals surface area contributed by atoms with E-state index in [0.29, 0.717) is 6.42 Å². The molecule has 2 atom stereocenters. The minimum Gasteiger partial charge on any atom is -0.462 e. The fraction of sp³-hybridized carbons (Fsp3) is 0.818. The summed E-state index contributed by atoms with van der Waals surface area (Å²) in [6, 6.07) is 0. The monoisotopic (exact) mass is 1090 g/mol. The Morgan fingerprint density at radius 3 is 1.08 bits per heavy atom. The van der Waals surface area contributed by atoms with Crippen molar-refractivity contribution < 1.29 is 37.6 Å². The zero-order chi connectivity index (χ0) is 55.2. The predicted molar refractivity (Wildman–Crippen MR) is 326 cm³/mol. The van der Waals surface area contributed by atoms with E-state index in [9.17, 15) is 19.0 Å². The summed E-state index contributed by atoms with van der Waals surface area (Å²) in [4.78, 5) is 35.3. The zero-order valence-corrected chi connectivity index (χ0v) is 50.6. The number of carbonyl (C=O) groups excluding carboxylic acids is 2. The van der Waals surface area contributed by atoms with Gasteiger partial charge in [-0.15, -0.1) is 0 Å². The van der Waals surface area contributed by atoms with Gasteiger partial charge in [0.05, 0.1) is 13.2 Å². The molecule has 0 amide bonds. The van der Waals surface area contributed by atoms with Crippen molar-refractivity contribution in [3.05, 3.63) is 60.8 Å². The van der Waals surface area contributed by atoms with Crippen molar-refractivity contribution in [2.24, 2.45) is 5.73 Å². The number of nitrogens with two attached hydrogens (primary N) is 1. The predicted octanol–water partition coefficient (Wildman–Crippen LogP) is 20.7. The first-order valence-corrected chi connectivity index (χ1v) is 33.8. The fourth-order valence-electron chi connectivity index (χ4n) is 9.43. The lowest BCUT2D eigenvalue weighted by molar-refractivity contribution is -0.161. The topological polar surface area (TPSA) is 134 Å². The van der Waals surface area contributed by atoms with Gasteiger partial charge in [0.25, 0.3) is 0 Å². The molecule has 10 heteroatoms. The summed E-state index contributed by atoms with van der Waals surface area (Å²) in [5, 5.41) is 0. The Bertz CT molecular complexity index is 1430. The van der Waals surface area contributed by atoms with E-state index in [1.54, 1.807) is 0 Å². The lowest BCUT2D eigenvalue weighted by atomic mass is 10.0. The van der Waals surface area contributed by atoms with Gasteiger partial charge in [0.2, 0.25) is 0 Å². The van der Waals surface area contributed by atoms with Gasteiger partial charge in [-0.25, -0.2) is 4.57 Å². The Balaban J connectivity index is 3.90. The molecule has 0 saturated heterocycles. The van der Waals surface area contributed by atoms with Crippen LogP contribution in [0.2, 0.25) is 0 Å². The average molecular weight is 1090 g/mol. The van der Waals surface area contributed by atoms with Crippen molar-refractivity contribution >= 4 is 19.8 Å². The van der Waals surface area contributed by atoms with Crippen molar-refractivity contribution in [1.29, 1.82) is 0 Å². The highest BCUT2D eigenvalue weighted by Gasteiger charge is 2.26. The Morgan fingerprint density at radius 1 is 0.408 bits per heavy atom. The maximum Gasteiger partial charge on any atom is 0.472 e. The number of esters is 2. The summed E-state index contributed by atoms with van der Waals surface area (Å²) < 4.78 is 33.1. The molecule has 0 rings (SSSR count). The number of unbranched alkanes of at least 4 members (excludes halogenated alkanes) is 38. The molecular weight excluding hydrogens is 966 g/mol. The summed E-state index contributed by atoms with van der Waals surface area (Å²) in [6.45, 7) is 3.68. The van der Waals surface area contributed by atoms with Gasteiger partial charge in [0.1, 0.15) is 6.61 Å². The molecule has 0 radical (unpaired) electrons. The van der Waals surface area contributed by atoms with Crippen LogP contribution in [0.15, 0.2) is 60.8 Å². The van der Waals surface area contributed by atoms with Crippen LogP contribution in [0.1, 0.15) is 316 Å². The van der Waals surface area contributed by atoms with Gasteiger partial charge >= 0.3 is 19.8 Å². The molecule has 0 aliphatic rings. The number of hydrogen-bond acceptors (Lipinski definition) is 8. The Labute approximate surface area is 469 Å². The van der Waals surface area contributed by atoms with Crippen LogP contribution in [0.25, 0.3) is 0 Å². The second kappa shape index (κ2) is 61.9. The van der Waals surface area contributed by atoms with E-state index in [2.05, 4.69) is 74.6 Å². The van der Waals surface area contributed by atoms with Gasteiger partial charge in [-0.2, -0.15) is 0 Å². The summed E-state index contributed by atoms with van der Waals surface area (Å²) in [7, 11) is -4.39. The van der Waals surface area contributed by atoms with Crippen LogP contribution in [-0.2, 0) is 32.7 Å². The number of phosphoric acid groups is 1. The third-order valence-corrected chi connectivity index (χ3v) is 15.2. The maximum absolute atomic E-state index is 12.7. The van der Waals surface area contributed by atoms with E-state index in [1.165, 1.54) is 205 Å². The average Bonchev–Trinajstić information content (AvgIpc) is 3.41. The molecule has 0 heterocycles. The van der Waals surface area contributed by atoms with Crippen molar-refractivity contribution in [2.75, 3.05) is 26.4 Å². The Hall–Kier alpha value is -2.29. The van der Waals surface area contributed by atoms with Crippen LogP contribution < -0.4 is 5.73 Å². The first kappa shape index (κ1) is 73.7. The van der Waals surface area contributed by atoms with E-state index >= 15 is 0 Å². The van der Waals surface area contributed by atoms with Crippen molar-refractivity contribution in [3.8, 4) is 0 Å². The highest BCUT2D eigenvalue weighted by atomic mass is 31.2. The van der Waals surface area contributed by atoms with Gasteiger partial charge < -0.3 is 20.1 Å². The molecule has 0 saturated carbocycles. The number of rotatable bonds is 61. The minimum absolute atomic E-state index is 0.0527. The molecule has 0 aromatic rings. The Kier molecular flexibility index (Phi) is 60.0. The van der Waals surface area contributed by atoms with E-state index < -0.39 is 26.5 Å². The minimum atomic E-state index is -4.39. The van der Waals surface area contributed by atoms with Gasteiger partial charge in [-0.1, -0.05) is 306 Å². The summed E-state index contributed by atoms with van der Waals surface area (Å²) >= 11 is 0. The molecule has 0 bridgehead atoms. The summed E-state index contributed by atoms with van der Waals surface area (Å²) in [6.07, 6.45) is 78.7. The van der Waals surface area contributed by atoms with Crippen molar-refractivity contribution in [2.45, 2.75) is 322 Å². The van der Waals surface area contributed by atoms with Crippen LogP contribution >= 0.6 is 7.82 Å². The third kappa shape index (κ3) is 60.9. The molecule has 0 aromatic carbocycles. The smallest absolute Gasteiger partial charge is 0.462 e. The lowest BCUT2D eigenvalue weighted by Gasteiger charge is -2.19. The third-order valence-electron chi connectivity index (χ3n) is 14.2. The fourth-order valence-corrected chi connectivity index (χ4v) is 10.2. The van der Waals surface area contributed by atoms with Gasteiger partial charge in [-0.05, 0) is 57.8 Å². The number of phosphoric ester groups is 1. The quantitative estimate of drug-likeness (QED) is 0.0264. The van der Waals surface area contributed by atoms with E-state index in [0.717, 1.165) is 77.0 Å². The normalized spacial score (nSPS) is 13.4. The molecule has 76 heavy (non-hydrogen) atoms. The molecule has 2 unspecified atom stereocenters. The van der Waals surface area contributed by atoms with Gasteiger partial charge in [0, 0.05) is 19.4 Å². The molecule has 9 nitrogen and oxygen atoms in total. The van der Waals surface area contributed by atoms with Crippen LogP contribution in [0.5, 0.6) is 0 Å². The van der Waals surface area contributed by atoms with Gasteiger partial charge in [-0.3, -0.25) is 18.6 Å². The van der Waals surface area contributed by atoms with Crippen LogP contribution in [-0.4, -0.2) is 49.3 Å². The first-order valence-electron chi connectivity index (χ1n) is 32.3. The largest absolute Gasteiger partial charge is 0.472 e. The Morgan fingerprint density at radius 2 is 0.724 bits per heavy atom. The van der Waals surface area contributed by atoms with Crippen LogP contribution in [0.3, 0.4) is 0 Å². The second-order valence-electron chi connectivity index (χ2n) is 21.6. The number of ether oxygens (including phenoxy) is 2. The van der Waals surface area contributed by atoms with E-state index in [1.807, 2.05) is 0 Å². The molecule has 444 valence electrons. The highest BCUT2D eigenvalue weighted by Crippen LogP contribution is 2.43. The lowest BCUT2D eigenvalue weighted by Crippen LogP contribution is -2.29. The van der Waals surface area contributed by atoms with Gasteiger partial charge in [0.15, 0.2) is 6.10 Å². The summed E-state index contributed by atoms with van der Waals surface area (Å²) in [5.74, 6) is -0.818. The van der Waals surface area contributed by atoms with Crippen molar-refractivity contribution in [1.82, 2.24) is 0 Å². The van der Waals surface area contributed by atoms with E-state index in [-0.39, 0.29) is 38.6 Å². The molecule has 0 aliphatic heterocycles. The van der Waals surface area contributed by atoms with Crippen LogP contribution in [0.4, 0.5) is 0 Å². The molecule has 0 aromatic heterocycles. The maximum atomic E-state index is 12.7.